The van der Waals surface area contributed by atoms with Crippen molar-refractivity contribution in [1.29, 1.82) is 0 Å². The SMILES string of the molecule is CCCc1nc(C(=O)NCCc2noc([C@@H]3CCCO3)n2)cs1. The van der Waals surface area contributed by atoms with Crippen LogP contribution >= 0.6 is 11.3 Å². The molecule has 2 aromatic heterocycles. The third kappa shape index (κ3) is 4.14. The summed E-state index contributed by atoms with van der Waals surface area (Å²) < 4.78 is 10.7. The molecule has 0 bridgehead atoms. The first kappa shape index (κ1) is 16.1. The number of rotatable bonds is 7. The number of aromatic nitrogens is 3. The number of hydrogen-bond acceptors (Lipinski definition) is 7. The Hall–Kier alpha value is -1.80. The smallest absolute Gasteiger partial charge is 0.270 e. The minimum absolute atomic E-state index is 0.0714. The summed E-state index contributed by atoms with van der Waals surface area (Å²) in [5, 5.41) is 9.55. The number of thiazole rings is 1. The molecule has 124 valence electrons. The Labute approximate surface area is 138 Å². The van der Waals surface area contributed by atoms with Crippen molar-refractivity contribution in [3.8, 4) is 0 Å². The van der Waals surface area contributed by atoms with Gasteiger partial charge in [-0.15, -0.1) is 11.3 Å². The van der Waals surface area contributed by atoms with E-state index in [-0.39, 0.29) is 12.0 Å². The van der Waals surface area contributed by atoms with E-state index in [1.807, 2.05) is 0 Å². The molecule has 0 spiro atoms. The van der Waals surface area contributed by atoms with Crippen LogP contribution in [0, 0.1) is 0 Å². The molecule has 23 heavy (non-hydrogen) atoms. The van der Waals surface area contributed by atoms with E-state index >= 15 is 0 Å². The zero-order valence-electron chi connectivity index (χ0n) is 13.1. The predicted octanol–water partition coefficient (Wildman–Crippen LogP) is 2.30. The molecule has 0 aromatic carbocycles. The lowest BCUT2D eigenvalue weighted by Gasteiger charge is -2.01. The van der Waals surface area contributed by atoms with Gasteiger partial charge in [-0.1, -0.05) is 12.1 Å². The molecule has 1 aliphatic rings. The zero-order chi connectivity index (χ0) is 16.1. The molecule has 7 nitrogen and oxygen atoms in total. The van der Waals surface area contributed by atoms with Gasteiger partial charge in [-0.05, 0) is 25.7 Å². The van der Waals surface area contributed by atoms with E-state index in [1.54, 1.807) is 5.38 Å². The van der Waals surface area contributed by atoms with E-state index in [0.29, 0.717) is 30.4 Å². The summed E-state index contributed by atoms with van der Waals surface area (Å²) in [5.74, 6) is 0.958. The molecule has 1 amide bonds. The van der Waals surface area contributed by atoms with Crippen molar-refractivity contribution in [2.24, 2.45) is 0 Å². The Bertz CT molecular complexity index is 649. The van der Waals surface area contributed by atoms with Crippen LogP contribution in [0.2, 0.25) is 0 Å². The minimum Gasteiger partial charge on any atom is -0.368 e. The number of aryl methyl sites for hydroxylation is 1. The van der Waals surface area contributed by atoms with Gasteiger partial charge in [0.25, 0.3) is 11.8 Å². The summed E-state index contributed by atoms with van der Waals surface area (Å²) in [6.07, 6.45) is 4.33. The van der Waals surface area contributed by atoms with Crippen molar-refractivity contribution < 1.29 is 14.1 Å². The molecule has 3 rings (SSSR count). The maximum atomic E-state index is 12.0. The van der Waals surface area contributed by atoms with Crippen molar-refractivity contribution in [1.82, 2.24) is 20.4 Å². The molecule has 0 radical (unpaired) electrons. The predicted molar refractivity (Wildman–Crippen MR) is 84.4 cm³/mol. The van der Waals surface area contributed by atoms with Crippen LogP contribution in [-0.4, -0.2) is 34.2 Å². The van der Waals surface area contributed by atoms with E-state index in [4.69, 9.17) is 9.26 Å². The lowest BCUT2D eigenvalue weighted by atomic mass is 10.2. The largest absolute Gasteiger partial charge is 0.368 e. The van der Waals surface area contributed by atoms with Gasteiger partial charge in [-0.2, -0.15) is 4.98 Å². The van der Waals surface area contributed by atoms with Gasteiger partial charge in [0.05, 0.1) is 5.01 Å². The average molecular weight is 336 g/mol. The number of carbonyl (C=O) groups is 1. The van der Waals surface area contributed by atoms with E-state index < -0.39 is 0 Å². The number of amides is 1. The molecule has 3 heterocycles. The zero-order valence-corrected chi connectivity index (χ0v) is 13.9. The molecule has 1 aliphatic heterocycles. The van der Waals surface area contributed by atoms with Crippen molar-refractivity contribution in [2.45, 2.75) is 45.1 Å². The molecule has 1 saturated heterocycles. The van der Waals surface area contributed by atoms with Crippen LogP contribution < -0.4 is 5.32 Å². The molecule has 0 unspecified atom stereocenters. The Morgan fingerprint density at radius 3 is 3.13 bits per heavy atom. The summed E-state index contributed by atoms with van der Waals surface area (Å²) in [5.41, 5.74) is 0.478. The van der Waals surface area contributed by atoms with Gasteiger partial charge in [-0.25, -0.2) is 4.98 Å². The number of nitrogens with one attached hydrogen (secondary N) is 1. The minimum atomic E-state index is -0.161. The Morgan fingerprint density at radius 1 is 1.43 bits per heavy atom. The van der Waals surface area contributed by atoms with Crippen LogP contribution in [0.1, 0.15) is 59.5 Å². The van der Waals surface area contributed by atoms with Gasteiger partial charge in [0.2, 0.25) is 0 Å². The number of ether oxygens (including phenoxy) is 1. The highest BCUT2D eigenvalue weighted by molar-refractivity contribution is 7.09. The van der Waals surface area contributed by atoms with E-state index in [0.717, 1.165) is 37.3 Å². The van der Waals surface area contributed by atoms with E-state index in [1.165, 1.54) is 11.3 Å². The van der Waals surface area contributed by atoms with Crippen LogP contribution in [0.4, 0.5) is 0 Å². The summed E-state index contributed by atoms with van der Waals surface area (Å²) in [6.45, 7) is 3.28. The van der Waals surface area contributed by atoms with Crippen LogP contribution in [0.25, 0.3) is 0 Å². The van der Waals surface area contributed by atoms with Crippen LogP contribution in [0.3, 0.4) is 0 Å². The molecular weight excluding hydrogens is 316 g/mol. The van der Waals surface area contributed by atoms with Crippen molar-refractivity contribution in [3.63, 3.8) is 0 Å². The number of carbonyl (C=O) groups excluding carboxylic acids is 1. The first-order valence-electron chi connectivity index (χ1n) is 7.93. The van der Waals surface area contributed by atoms with Crippen LogP contribution in [0.5, 0.6) is 0 Å². The van der Waals surface area contributed by atoms with Crippen LogP contribution in [0.15, 0.2) is 9.90 Å². The molecule has 2 aromatic rings. The lowest BCUT2D eigenvalue weighted by Crippen LogP contribution is -2.26. The second kappa shape index (κ2) is 7.65. The fourth-order valence-electron chi connectivity index (χ4n) is 2.39. The van der Waals surface area contributed by atoms with Gasteiger partial charge in [0.15, 0.2) is 5.82 Å². The van der Waals surface area contributed by atoms with E-state index in [9.17, 15) is 4.79 Å². The van der Waals surface area contributed by atoms with Gasteiger partial charge >= 0.3 is 0 Å². The second-order valence-electron chi connectivity index (χ2n) is 5.43. The maximum Gasteiger partial charge on any atom is 0.270 e. The van der Waals surface area contributed by atoms with Gasteiger partial charge in [0.1, 0.15) is 11.8 Å². The summed E-state index contributed by atoms with van der Waals surface area (Å²) >= 11 is 1.52. The highest BCUT2D eigenvalue weighted by atomic mass is 32.1. The monoisotopic (exact) mass is 336 g/mol. The Morgan fingerprint density at radius 2 is 2.35 bits per heavy atom. The van der Waals surface area contributed by atoms with Crippen molar-refractivity contribution in [3.05, 3.63) is 27.8 Å². The molecule has 0 aliphatic carbocycles. The standard InChI is InChI=1S/C15H20N4O3S/c1-2-4-13-17-10(9-23-13)14(20)16-7-6-12-18-15(22-19-12)11-5-3-8-21-11/h9,11H,2-8H2,1H3,(H,16,20)/t11-/m0/s1. The Balaban J connectivity index is 1.46. The Kier molecular flexibility index (Phi) is 5.35. The fourth-order valence-corrected chi connectivity index (χ4v) is 3.27. The lowest BCUT2D eigenvalue weighted by molar-refractivity contribution is 0.0835. The highest BCUT2D eigenvalue weighted by Gasteiger charge is 2.23. The first-order chi connectivity index (χ1) is 11.3. The fraction of sp³-hybridized carbons (Fsp3) is 0.600. The van der Waals surface area contributed by atoms with Crippen LogP contribution in [-0.2, 0) is 17.6 Å². The summed E-state index contributed by atoms with van der Waals surface area (Å²) in [7, 11) is 0. The number of nitrogens with zero attached hydrogens (tertiary/aromatic N) is 3. The number of hydrogen-bond donors (Lipinski definition) is 1. The maximum absolute atomic E-state index is 12.0. The van der Waals surface area contributed by atoms with E-state index in [2.05, 4.69) is 27.4 Å². The van der Waals surface area contributed by atoms with Gasteiger partial charge in [-0.3, -0.25) is 4.79 Å². The second-order valence-corrected chi connectivity index (χ2v) is 6.38. The normalized spacial score (nSPS) is 17.5. The van der Waals surface area contributed by atoms with Gasteiger partial charge in [0, 0.05) is 25.0 Å². The first-order valence-corrected chi connectivity index (χ1v) is 8.81. The third-order valence-corrected chi connectivity index (χ3v) is 4.48. The summed E-state index contributed by atoms with van der Waals surface area (Å²) in [6, 6.07) is 0. The molecule has 8 heteroatoms. The quantitative estimate of drug-likeness (QED) is 0.834. The molecule has 0 saturated carbocycles. The van der Waals surface area contributed by atoms with Crippen molar-refractivity contribution >= 4 is 17.2 Å². The molecular formula is C15H20N4O3S. The molecule has 1 atom stereocenters. The average Bonchev–Trinajstić information content (AvgIpc) is 3.28. The molecule has 1 fully saturated rings. The topological polar surface area (TPSA) is 90.1 Å². The third-order valence-electron chi connectivity index (χ3n) is 3.57. The van der Waals surface area contributed by atoms with Crippen molar-refractivity contribution in [2.75, 3.05) is 13.2 Å². The highest BCUT2D eigenvalue weighted by Crippen LogP contribution is 2.26. The molecule has 1 N–H and O–H groups in total. The van der Waals surface area contributed by atoms with Gasteiger partial charge < -0.3 is 14.6 Å². The summed E-state index contributed by atoms with van der Waals surface area (Å²) in [4.78, 5) is 20.7.